The van der Waals surface area contributed by atoms with Crippen molar-refractivity contribution in [3.63, 3.8) is 0 Å². The normalized spacial score (nSPS) is 23.6. The molecule has 0 saturated heterocycles. The van der Waals surface area contributed by atoms with E-state index in [0.29, 0.717) is 0 Å². The molecule has 2 bridgehead atoms. The fraction of sp³-hybridized carbons (Fsp3) is 0.357. The molecule has 0 radical (unpaired) electrons. The smallest absolute Gasteiger partial charge is 0.248 e. The summed E-state index contributed by atoms with van der Waals surface area (Å²) < 4.78 is 0. The van der Waals surface area contributed by atoms with E-state index in [2.05, 4.69) is 80.1 Å². The van der Waals surface area contributed by atoms with Crippen LogP contribution in [0.25, 0.3) is 6.08 Å². The van der Waals surface area contributed by atoms with Gasteiger partial charge in [-0.25, -0.2) is 0 Å². The molecule has 0 fully saturated rings. The van der Waals surface area contributed by atoms with Crippen LogP contribution in [-0.2, 0) is 12.0 Å². The molecule has 1 heterocycles. The maximum absolute atomic E-state index is 12.0. The van der Waals surface area contributed by atoms with Crippen LogP contribution in [-0.4, -0.2) is 24.3 Å². The predicted octanol–water partition coefficient (Wildman–Crippen LogP) is 5.67. The first-order valence-corrected chi connectivity index (χ1v) is 11.6. The average molecular weight is 428 g/mol. The molecular formula is C28H33N3O. The molecule has 1 aromatic heterocycles. The molecule has 0 amide bonds. The average Bonchev–Trinajstić information content (AvgIpc) is 2.77. The summed E-state index contributed by atoms with van der Waals surface area (Å²) in [7, 11) is 0. The largest absolute Gasteiger partial charge is 0.372 e. The first kappa shape index (κ1) is 22.1. The summed E-state index contributed by atoms with van der Waals surface area (Å²) in [5.74, 6) is 0.284. The number of aliphatic imine (C=N–C) groups is 1. The summed E-state index contributed by atoms with van der Waals surface area (Å²) in [6.07, 6.45) is 12.3. The van der Waals surface area contributed by atoms with E-state index in [0.717, 1.165) is 42.8 Å². The topological polar surface area (TPSA) is 48.5 Å². The molecule has 4 nitrogen and oxygen atoms in total. The number of nitrogens with zero attached hydrogens (tertiary/aromatic N) is 2. The van der Waals surface area contributed by atoms with Crippen molar-refractivity contribution in [3.05, 3.63) is 92.9 Å². The summed E-state index contributed by atoms with van der Waals surface area (Å²) in [6.45, 7) is 10.6. The Morgan fingerprint density at radius 2 is 2.03 bits per heavy atom. The third-order valence-corrected chi connectivity index (χ3v) is 6.75. The summed E-state index contributed by atoms with van der Waals surface area (Å²) in [5, 5.41) is 0. The molecule has 1 N–H and O–H groups in total. The number of nitrogens with one attached hydrogen (secondary N) is 1. The molecule has 2 aliphatic carbocycles. The van der Waals surface area contributed by atoms with Gasteiger partial charge in [0.05, 0.1) is 0 Å². The Morgan fingerprint density at radius 3 is 2.78 bits per heavy atom. The highest BCUT2D eigenvalue weighted by molar-refractivity contribution is 5.80. The lowest BCUT2D eigenvalue weighted by Crippen LogP contribution is -2.40. The van der Waals surface area contributed by atoms with Crippen LogP contribution in [0.15, 0.2) is 75.6 Å². The molecule has 2 aromatic rings. The first-order chi connectivity index (χ1) is 15.5. The van der Waals surface area contributed by atoms with Gasteiger partial charge < -0.3 is 9.88 Å². The number of aromatic nitrogens is 1. The molecule has 2 aliphatic rings. The summed E-state index contributed by atoms with van der Waals surface area (Å²) in [5.41, 5.74) is 6.75. The standard InChI is InChI=1S/C28H33N3O/c1-5-24-22-16-20(4)19-28(24,25-13-14-27(32)30-26(25)18-22)29-15-9-11-21-10-8-12-23(17-21)31(6-2)7-3/h5,8-17,22H,6-7,18-19H2,1-4H3,(H,30,32)/b11-9+,24-5+,29-15+/t22-,28+/m0/s1. The Hall–Kier alpha value is -3.14. The quantitative estimate of drug-likeness (QED) is 0.477. The van der Waals surface area contributed by atoms with Crippen LogP contribution < -0.4 is 10.5 Å². The minimum Gasteiger partial charge on any atom is -0.372 e. The van der Waals surface area contributed by atoms with E-state index >= 15 is 0 Å². The SMILES string of the molecule is C/C=C1\[C@H]2C=C(C)C[C@]1(/N=C/C=C/c1cccc(N(CC)CC)c1)c1ccc(=O)[nH]c1C2. The van der Waals surface area contributed by atoms with E-state index in [1.807, 2.05) is 18.4 Å². The number of hydrogen-bond acceptors (Lipinski definition) is 3. The number of aromatic amines is 1. The van der Waals surface area contributed by atoms with Gasteiger partial charge in [0.2, 0.25) is 5.56 Å². The minimum atomic E-state index is -0.441. The summed E-state index contributed by atoms with van der Waals surface area (Å²) >= 11 is 0. The van der Waals surface area contributed by atoms with Gasteiger partial charge in [0.25, 0.3) is 0 Å². The van der Waals surface area contributed by atoms with Crippen LogP contribution in [0.5, 0.6) is 0 Å². The summed E-state index contributed by atoms with van der Waals surface area (Å²) in [6, 6.07) is 12.2. The number of allylic oxidation sites excluding steroid dienone is 3. The molecule has 2 atom stereocenters. The van der Waals surface area contributed by atoms with Gasteiger partial charge in [0, 0.05) is 54.7 Å². The third-order valence-electron chi connectivity index (χ3n) is 6.75. The number of hydrogen-bond donors (Lipinski definition) is 1. The van der Waals surface area contributed by atoms with Gasteiger partial charge in [-0.05, 0) is 69.5 Å². The fourth-order valence-electron chi connectivity index (χ4n) is 5.39. The van der Waals surface area contributed by atoms with Gasteiger partial charge in [0.1, 0.15) is 5.54 Å². The second kappa shape index (κ2) is 9.15. The number of rotatable bonds is 6. The molecule has 166 valence electrons. The molecule has 0 spiro atoms. The van der Waals surface area contributed by atoms with Crippen molar-refractivity contribution in [2.24, 2.45) is 10.9 Å². The highest BCUT2D eigenvalue weighted by Crippen LogP contribution is 2.51. The number of pyridine rings is 1. The molecule has 1 aromatic carbocycles. The minimum absolute atomic E-state index is 0.0430. The van der Waals surface area contributed by atoms with Crippen LogP contribution in [0.2, 0.25) is 0 Å². The van der Waals surface area contributed by atoms with E-state index in [4.69, 9.17) is 4.99 Å². The van der Waals surface area contributed by atoms with Gasteiger partial charge in [0.15, 0.2) is 0 Å². The fourth-order valence-corrected chi connectivity index (χ4v) is 5.39. The second-order valence-corrected chi connectivity index (χ2v) is 8.72. The van der Waals surface area contributed by atoms with Gasteiger partial charge in [-0.1, -0.05) is 35.9 Å². The second-order valence-electron chi connectivity index (χ2n) is 8.72. The van der Waals surface area contributed by atoms with Crippen molar-refractivity contribution >= 4 is 18.0 Å². The lowest BCUT2D eigenvalue weighted by molar-refractivity contribution is 0.413. The number of fused-ring (bicyclic) bond motifs is 4. The molecule has 0 aliphatic heterocycles. The summed E-state index contributed by atoms with van der Waals surface area (Å²) in [4.78, 5) is 22.6. The Morgan fingerprint density at radius 1 is 1.22 bits per heavy atom. The first-order valence-electron chi connectivity index (χ1n) is 11.6. The van der Waals surface area contributed by atoms with E-state index < -0.39 is 5.54 Å². The van der Waals surface area contributed by atoms with Crippen LogP contribution in [0.1, 0.15) is 50.9 Å². The van der Waals surface area contributed by atoms with Gasteiger partial charge in [-0.2, -0.15) is 0 Å². The molecule has 4 heteroatoms. The Labute approximate surface area is 191 Å². The molecule has 0 unspecified atom stereocenters. The van der Waals surface area contributed by atoms with Crippen LogP contribution in [0.3, 0.4) is 0 Å². The zero-order chi connectivity index (χ0) is 22.7. The molecular weight excluding hydrogens is 394 g/mol. The number of H-pyrrole nitrogens is 1. The molecule has 0 saturated carbocycles. The van der Waals surface area contributed by atoms with Gasteiger partial charge in [-0.3, -0.25) is 9.79 Å². The van der Waals surface area contributed by atoms with E-state index in [1.54, 1.807) is 6.07 Å². The monoisotopic (exact) mass is 427 g/mol. The van der Waals surface area contributed by atoms with E-state index in [-0.39, 0.29) is 11.5 Å². The lowest BCUT2D eigenvalue weighted by atomic mass is 9.63. The zero-order valence-corrected chi connectivity index (χ0v) is 19.6. The van der Waals surface area contributed by atoms with Gasteiger partial charge >= 0.3 is 0 Å². The predicted molar refractivity (Wildman–Crippen MR) is 136 cm³/mol. The third kappa shape index (κ3) is 4.02. The Balaban J connectivity index is 1.69. The van der Waals surface area contributed by atoms with Crippen LogP contribution in [0, 0.1) is 5.92 Å². The van der Waals surface area contributed by atoms with Crippen molar-refractivity contribution in [1.82, 2.24) is 4.98 Å². The van der Waals surface area contributed by atoms with Crippen LogP contribution >= 0.6 is 0 Å². The van der Waals surface area contributed by atoms with E-state index in [1.165, 1.54) is 16.8 Å². The molecule has 4 rings (SSSR count). The zero-order valence-electron chi connectivity index (χ0n) is 19.6. The van der Waals surface area contributed by atoms with Crippen molar-refractivity contribution in [1.29, 1.82) is 0 Å². The molecule has 32 heavy (non-hydrogen) atoms. The maximum Gasteiger partial charge on any atom is 0.248 e. The highest BCUT2D eigenvalue weighted by Gasteiger charge is 2.46. The van der Waals surface area contributed by atoms with Crippen molar-refractivity contribution in [3.8, 4) is 0 Å². The Kier molecular flexibility index (Phi) is 6.31. The van der Waals surface area contributed by atoms with Crippen molar-refractivity contribution in [2.75, 3.05) is 18.0 Å². The lowest BCUT2D eigenvalue weighted by Gasteiger charge is -2.45. The number of anilines is 1. The van der Waals surface area contributed by atoms with Crippen molar-refractivity contribution < 1.29 is 0 Å². The Bertz CT molecular complexity index is 1160. The number of benzene rings is 1. The maximum atomic E-state index is 12.0. The van der Waals surface area contributed by atoms with E-state index in [9.17, 15) is 4.79 Å². The van der Waals surface area contributed by atoms with Crippen LogP contribution in [0.4, 0.5) is 5.69 Å². The highest BCUT2D eigenvalue weighted by atomic mass is 16.1. The van der Waals surface area contributed by atoms with Gasteiger partial charge in [-0.15, -0.1) is 0 Å². The van der Waals surface area contributed by atoms with Crippen molar-refractivity contribution in [2.45, 2.75) is 46.1 Å².